The molecule has 18 heavy (non-hydrogen) atoms. The van der Waals surface area contributed by atoms with E-state index in [0.717, 1.165) is 12.1 Å². The third-order valence-electron chi connectivity index (χ3n) is 1.94. The lowest BCUT2D eigenvalue weighted by Crippen LogP contribution is -2.42. The zero-order valence-electron chi connectivity index (χ0n) is 9.86. The van der Waals surface area contributed by atoms with Crippen molar-refractivity contribution < 1.29 is 22.3 Å². The molecule has 0 aliphatic carbocycles. The summed E-state index contributed by atoms with van der Waals surface area (Å²) in [5.41, 5.74) is 2.38. The van der Waals surface area contributed by atoms with Crippen LogP contribution < -0.4 is 10.3 Å². The first kappa shape index (κ1) is 14.4. The Balaban J connectivity index is 2.87. The lowest BCUT2D eigenvalue weighted by Gasteiger charge is -2.09. The Morgan fingerprint density at radius 3 is 2.72 bits per heavy atom. The number of nitrogens with one attached hydrogen (secondary N) is 2. The molecule has 0 aliphatic heterocycles. The van der Waals surface area contributed by atoms with E-state index in [0.29, 0.717) is 5.56 Å². The molecular weight excluding hydrogens is 263 g/mol. The van der Waals surface area contributed by atoms with Gasteiger partial charge >= 0.3 is 6.09 Å². The fourth-order valence-corrected chi connectivity index (χ4v) is 2.14. The van der Waals surface area contributed by atoms with E-state index < -0.39 is 26.8 Å². The highest BCUT2D eigenvalue weighted by molar-refractivity contribution is 7.89. The van der Waals surface area contributed by atoms with E-state index in [4.69, 9.17) is 0 Å². The van der Waals surface area contributed by atoms with Crippen LogP contribution in [0.25, 0.3) is 0 Å². The molecule has 0 spiro atoms. The van der Waals surface area contributed by atoms with Gasteiger partial charge in [-0.2, -0.15) is 0 Å². The van der Waals surface area contributed by atoms with Crippen LogP contribution in [0.5, 0.6) is 0 Å². The van der Waals surface area contributed by atoms with Gasteiger partial charge in [0.25, 0.3) is 10.0 Å². The van der Waals surface area contributed by atoms with E-state index in [1.54, 1.807) is 24.1 Å². The Morgan fingerprint density at radius 1 is 1.44 bits per heavy atom. The van der Waals surface area contributed by atoms with Crippen LogP contribution in [-0.2, 0) is 14.8 Å². The lowest BCUT2D eigenvalue weighted by atomic mass is 10.2. The smallest absolute Gasteiger partial charge is 0.422 e. The number of sulfonamides is 1. The summed E-state index contributed by atoms with van der Waals surface area (Å²) in [5.74, 6) is -0.904. The molecule has 0 saturated heterocycles. The Kier molecular flexibility index (Phi) is 4.62. The molecule has 0 atom stereocenters. The minimum Gasteiger partial charge on any atom is -0.449 e. The zero-order valence-corrected chi connectivity index (χ0v) is 10.7. The highest BCUT2D eigenvalue weighted by Crippen LogP contribution is 2.15. The van der Waals surface area contributed by atoms with Gasteiger partial charge in [0.15, 0.2) is 0 Å². The van der Waals surface area contributed by atoms with E-state index in [9.17, 15) is 17.6 Å². The first-order valence-corrected chi connectivity index (χ1v) is 6.56. The molecule has 1 aromatic rings. The van der Waals surface area contributed by atoms with E-state index in [1.165, 1.54) is 6.07 Å². The van der Waals surface area contributed by atoms with Crippen LogP contribution in [0.2, 0.25) is 0 Å². The van der Waals surface area contributed by atoms with Gasteiger partial charge in [-0.3, -0.25) is 0 Å². The average Bonchev–Trinajstić information content (AvgIpc) is 2.30. The number of halogens is 1. The molecule has 0 bridgehead atoms. The molecule has 8 heteroatoms. The molecule has 0 aromatic heterocycles. The molecule has 0 heterocycles. The number of hydrazine groups is 1. The topological polar surface area (TPSA) is 84.5 Å². The van der Waals surface area contributed by atoms with Gasteiger partial charge in [0, 0.05) is 0 Å². The number of carbonyl (C=O) groups excluding carboxylic acids is 1. The molecule has 6 nitrogen and oxygen atoms in total. The molecule has 2 N–H and O–H groups in total. The predicted octanol–water partition coefficient (Wildman–Crippen LogP) is 1.07. The number of amides is 1. The van der Waals surface area contributed by atoms with Crippen molar-refractivity contribution in [3.8, 4) is 0 Å². The van der Waals surface area contributed by atoms with Crippen molar-refractivity contribution in [1.29, 1.82) is 0 Å². The van der Waals surface area contributed by atoms with Crippen LogP contribution in [-0.4, -0.2) is 21.1 Å². The van der Waals surface area contributed by atoms with Crippen molar-refractivity contribution in [3.63, 3.8) is 0 Å². The van der Waals surface area contributed by atoms with E-state index in [2.05, 4.69) is 4.74 Å². The normalized spacial score (nSPS) is 11.1. The molecule has 1 rings (SSSR count). The first-order valence-electron chi connectivity index (χ1n) is 5.07. The molecule has 0 aliphatic rings. The van der Waals surface area contributed by atoms with Gasteiger partial charge in [0.1, 0.15) is 10.7 Å². The zero-order chi connectivity index (χ0) is 13.8. The summed E-state index contributed by atoms with van der Waals surface area (Å²) in [6.45, 7) is 3.28. The van der Waals surface area contributed by atoms with Gasteiger partial charge in [-0.05, 0) is 31.5 Å². The van der Waals surface area contributed by atoms with Gasteiger partial charge < -0.3 is 4.74 Å². The molecule has 100 valence electrons. The standard InChI is InChI=1S/C10H13FN2O4S/c1-3-17-10(14)12-13-18(15,16)9-6-7(2)4-5-8(9)11/h4-6,13H,3H2,1-2H3,(H,12,14). The molecule has 1 aromatic carbocycles. The summed E-state index contributed by atoms with van der Waals surface area (Å²) >= 11 is 0. The summed E-state index contributed by atoms with van der Waals surface area (Å²) < 4.78 is 41.2. The number of benzene rings is 1. The number of carbonyl (C=O) groups is 1. The second kappa shape index (κ2) is 5.78. The van der Waals surface area contributed by atoms with Gasteiger partial charge in [0.2, 0.25) is 0 Å². The van der Waals surface area contributed by atoms with Crippen LogP contribution >= 0.6 is 0 Å². The van der Waals surface area contributed by atoms with Crippen LogP contribution in [0.1, 0.15) is 12.5 Å². The number of ether oxygens (including phenoxy) is 1. The Labute approximate surface area is 104 Å². The highest BCUT2D eigenvalue weighted by atomic mass is 32.2. The van der Waals surface area contributed by atoms with Gasteiger partial charge in [-0.1, -0.05) is 6.07 Å². The third-order valence-corrected chi connectivity index (χ3v) is 3.20. The van der Waals surface area contributed by atoms with Crippen LogP contribution in [0.15, 0.2) is 23.1 Å². The van der Waals surface area contributed by atoms with Crippen LogP contribution in [0.3, 0.4) is 0 Å². The number of aryl methyl sites for hydroxylation is 1. The fraction of sp³-hybridized carbons (Fsp3) is 0.300. The van der Waals surface area contributed by atoms with Crippen molar-refractivity contribution in [3.05, 3.63) is 29.6 Å². The fourth-order valence-electron chi connectivity index (χ4n) is 1.15. The van der Waals surface area contributed by atoms with Crippen molar-refractivity contribution in [2.75, 3.05) is 6.61 Å². The van der Waals surface area contributed by atoms with Crippen molar-refractivity contribution in [1.82, 2.24) is 10.3 Å². The average molecular weight is 276 g/mol. The van der Waals surface area contributed by atoms with Gasteiger partial charge in [0.05, 0.1) is 6.61 Å². The number of rotatable bonds is 4. The summed E-state index contributed by atoms with van der Waals surface area (Å²) in [7, 11) is -4.16. The quantitative estimate of drug-likeness (QED) is 0.806. The second-order valence-corrected chi connectivity index (χ2v) is 5.04. The number of hydrogen-bond donors (Lipinski definition) is 2. The molecule has 0 saturated carbocycles. The highest BCUT2D eigenvalue weighted by Gasteiger charge is 2.20. The number of hydrogen-bond acceptors (Lipinski definition) is 4. The molecular formula is C10H13FN2O4S. The lowest BCUT2D eigenvalue weighted by molar-refractivity contribution is 0.150. The molecule has 0 radical (unpaired) electrons. The maximum absolute atomic E-state index is 13.4. The molecule has 1 amide bonds. The van der Waals surface area contributed by atoms with Crippen molar-refractivity contribution >= 4 is 16.1 Å². The first-order chi connectivity index (χ1) is 8.36. The maximum atomic E-state index is 13.4. The monoisotopic (exact) mass is 276 g/mol. The van der Waals surface area contributed by atoms with E-state index >= 15 is 0 Å². The van der Waals surface area contributed by atoms with Crippen molar-refractivity contribution in [2.24, 2.45) is 0 Å². The summed E-state index contributed by atoms with van der Waals surface area (Å²) in [4.78, 5) is 12.1. The minimum atomic E-state index is -4.16. The van der Waals surface area contributed by atoms with E-state index in [1.807, 2.05) is 0 Å². The van der Waals surface area contributed by atoms with Gasteiger partial charge in [-0.15, -0.1) is 4.83 Å². The summed E-state index contributed by atoms with van der Waals surface area (Å²) in [6.07, 6.45) is -0.964. The SMILES string of the molecule is CCOC(=O)NNS(=O)(=O)c1cc(C)ccc1F. The van der Waals surface area contributed by atoms with Crippen LogP contribution in [0, 0.1) is 12.7 Å². The summed E-state index contributed by atoms with van der Waals surface area (Å²) in [5, 5.41) is 0. The predicted molar refractivity (Wildman–Crippen MR) is 61.6 cm³/mol. The Hall–Kier alpha value is -1.67. The maximum Gasteiger partial charge on any atom is 0.422 e. The third kappa shape index (κ3) is 3.67. The van der Waals surface area contributed by atoms with Crippen molar-refractivity contribution in [2.45, 2.75) is 18.7 Å². The Morgan fingerprint density at radius 2 is 2.11 bits per heavy atom. The summed E-state index contributed by atoms with van der Waals surface area (Å²) in [6, 6.07) is 3.63. The second-order valence-electron chi connectivity index (χ2n) is 3.38. The van der Waals surface area contributed by atoms with Gasteiger partial charge in [-0.25, -0.2) is 23.0 Å². The van der Waals surface area contributed by atoms with Crippen LogP contribution in [0.4, 0.5) is 9.18 Å². The Bertz CT molecular complexity index is 545. The molecule has 0 fully saturated rings. The molecule has 0 unspecified atom stereocenters. The minimum absolute atomic E-state index is 0.0896. The van der Waals surface area contributed by atoms with E-state index in [-0.39, 0.29) is 6.61 Å². The largest absolute Gasteiger partial charge is 0.449 e.